The molecule has 33 heavy (non-hydrogen) atoms. The van der Waals surface area contributed by atoms with Crippen LogP contribution in [0.4, 0.5) is 23.3 Å². The van der Waals surface area contributed by atoms with Crippen molar-refractivity contribution in [1.82, 2.24) is 29.3 Å². The lowest BCUT2D eigenvalue weighted by Crippen LogP contribution is -2.20. The Bertz CT molecular complexity index is 1330. The number of esters is 1. The number of aryl methyl sites for hydroxylation is 2. The van der Waals surface area contributed by atoms with Crippen molar-refractivity contribution >= 4 is 46.3 Å². The lowest BCUT2D eigenvalue weighted by Gasteiger charge is -2.09. The van der Waals surface area contributed by atoms with Crippen LogP contribution in [0.5, 0.6) is 0 Å². The molecule has 1 amide bonds. The predicted molar refractivity (Wildman–Crippen MR) is 122 cm³/mol. The number of carbonyl (C=O) groups excluding carboxylic acids is 2. The van der Waals surface area contributed by atoms with Gasteiger partial charge in [0, 0.05) is 18.3 Å². The van der Waals surface area contributed by atoms with Gasteiger partial charge in [-0.15, -0.1) is 0 Å². The standard InChI is InChI=1S/C21H23N9O3/c1-4-30-15(9-12(2)28-30)25-16(31)10-29-11-23-17-18(26-21(22)27-19(17)29)24-14-7-5-13(6-8-14)20(32)33-3/h5-9,11H,4,10H2,1-3H3,(H,25,31)(H3,22,24,26,27). The molecule has 0 saturated heterocycles. The lowest BCUT2D eigenvalue weighted by molar-refractivity contribution is -0.116. The molecule has 0 aliphatic carbocycles. The smallest absolute Gasteiger partial charge is 0.337 e. The van der Waals surface area contributed by atoms with Crippen LogP contribution in [-0.4, -0.2) is 48.3 Å². The molecule has 0 spiro atoms. The number of nitrogens with two attached hydrogens (primary N) is 1. The number of carbonyl (C=O) groups is 2. The van der Waals surface area contributed by atoms with Crippen LogP contribution in [0, 0.1) is 6.92 Å². The molecule has 0 bridgehead atoms. The van der Waals surface area contributed by atoms with E-state index in [1.54, 1.807) is 39.6 Å². The van der Waals surface area contributed by atoms with Crippen molar-refractivity contribution in [3.05, 3.63) is 47.9 Å². The number of fused-ring (bicyclic) bond motifs is 1. The minimum absolute atomic E-state index is 0.0197. The Hall–Kier alpha value is -4.48. The van der Waals surface area contributed by atoms with Gasteiger partial charge in [-0.05, 0) is 38.1 Å². The van der Waals surface area contributed by atoms with Gasteiger partial charge in [0.2, 0.25) is 11.9 Å². The number of benzene rings is 1. The number of methoxy groups -OCH3 is 1. The van der Waals surface area contributed by atoms with Crippen molar-refractivity contribution in [3.63, 3.8) is 0 Å². The van der Waals surface area contributed by atoms with Crippen molar-refractivity contribution < 1.29 is 14.3 Å². The number of hydrogen-bond acceptors (Lipinski definition) is 9. The van der Waals surface area contributed by atoms with Gasteiger partial charge in [0.15, 0.2) is 17.0 Å². The first-order valence-corrected chi connectivity index (χ1v) is 10.2. The third-order valence-electron chi connectivity index (χ3n) is 4.83. The molecular formula is C21H23N9O3. The van der Waals surface area contributed by atoms with Crippen LogP contribution in [0.2, 0.25) is 0 Å². The second-order valence-electron chi connectivity index (χ2n) is 7.20. The van der Waals surface area contributed by atoms with E-state index in [0.717, 1.165) is 5.69 Å². The van der Waals surface area contributed by atoms with Crippen molar-refractivity contribution in [1.29, 1.82) is 0 Å². The number of amides is 1. The van der Waals surface area contributed by atoms with Gasteiger partial charge in [-0.3, -0.25) is 4.79 Å². The molecule has 0 saturated carbocycles. The fourth-order valence-electron chi connectivity index (χ4n) is 3.33. The lowest BCUT2D eigenvalue weighted by atomic mass is 10.2. The molecular weight excluding hydrogens is 426 g/mol. The summed E-state index contributed by atoms with van der Waals surface area (Å²) in [5.74, 6) is 0.342. The number of aromatic nitrogens is 6. The quantitative estimate of drug-likeness (QED) is 0.360. The molecule has 0 aliphatic rings. The summed E-state index contributed by atoms with van der Waals surface area (Å²) in [5, 5.41) is 10.3. The average Bonchev–Trinajstić information content (AvgIpc) is 3.36. The number of nitrogens with zero attached hydrogens (tertiary/aromatic N) is 6. The van der Waals surface area contributed by atoms with E-state index in [1.165, 1.54) is 13.4 Å². The van der Waals surface area contributed by atoms with E-state index in [-0.39, 0.29) is 18.4 Å². The number of anilines is 4. The van der Waals surface area contributed by atoms with Gasteiger partial charge in [0.25, 0.3) is 0 Å². The molecule has 12 heteroatoms. The molecule has 3 heterocycles. The van der Waals surface area contributed by atoms with E-state index < -0.39 is 5.97 Å². The minimum Gasteiger partial charge on any atom is -0.465 e. The van der Waals surface area contributed by atoms with Crippen molar-refractivity contribution in [2.24, 2.45) is 0 Å². The molecule has 0 aliphatic heterocycles. The monoisotopic (exact) mass is 449 g/mol. The van der Waals surface area contributed by atoms with Gasteiger partial charge < -0.3 is 25.7 Å². The van der Waals surface area contributed by atoms with E-state index in [2.05, 4.69) is 30.7 Å². The molecule has 4 N–H and O–H groups in total. The highest BCUT2D eigenvalue weighted by Gasteiger charge is 2.16. The minimum atomic E-state index is -0.426. The van der Waals surface area contributed by atoms with E-state index >= 15 is 0 Å². The summed E-state index contributed by atoms with van der Waals surface area (Å²) >= 11 is 0. The van der Waals surface area contributed by atoms with Crippen LogP contribution < -0.4 is 16.4 Å². The van der Waals surface area contributed by atoms with Crippen LogP contribution in [0.3, 0.4) is 0 Å². The van der Waals surface area contributed by atoms with Gasteiger partial charge >= 0.3 is 5.97 Å². The maximum absolute atomic E-state index is 12.6. The number of rotatable bonds is 7. The Kier molecular flexibility index (Phi) is 5.89. The molecule has 0 radical (unpaired) electrons. The highest BCUT2D eigenvalue weighted by Crippen LogP contribution is 2.24. The fourth-order valence-corrected chi connectivity index (χ4v) is 3.33. The first kappa shape index (κ1) is 21.7. The highest BCUT2D eigenvalue weighted by molar-refractivity contribution is 5.92. The van der Waals surface area contributed by atoms with Crippen molar-refractivity contribution in [2.45, 2.75) is 26.9 Å². The van der Waals surface area contributed by atoms with Gasteiger partial charge in [-0.2, -0.15) is 15.1 Å². The molecule has 0 unspecified atom stereocenters. The van der Waals surface area contributed by atoms with Gasteiger partial charge in [-0.1, -0.05) is 0 Å². The van der Waals surface area contributed by atoms with Gasteiger partial charge in [0.05, 0.1) is 24.7 Å². The summed E-state index contributed by atoms with van der Waals surface area (Å²) in [4.78, 5) is 37.1. The Balaban J connectivity index is 1.56. The molecule has 12 nitrogen and oxygen atoms in total. The molecule has 4 aromatic rings. The van der Waals surface area contributed by atoms with E-state index in [4.69, 9.17) is 10.5 Å². The fraction of sp³-hybridized carbons (Fsp3) is 0.238. The Morgan fingerprint density at radius 1 is 1.18 bits per heavy atom. The number of imidazole rings is 1. The maximum Gasteiger partial charge on any atom is 0.337 e. The Morgan fingerprint density at radius 2 is 1.94 bits per heavy atom. The molecule has 170 valence electrons. The second kappa shape index (κ2) is 8.94. The number of nitrogens with one attached hydrogen (secondary N) is 2. The first-order chi connectivity index (χ1) is 15.9. The first-order valence-electron chi connectivity index (χ1n) is 10.2. The third-order valence-corrected chi connectivity index (χ3v) is 4.83. The highest BCUT2D eigenvalue weighted by atomic mass is 16.5. The second-order valence-corrected chi connectivity index (χ2v) is 7.20. The van der Waals surface area contributed by atoms with Gasteiger partial charge in [0.1, 0.15) is 12.4 Å². The van der Waals surface area contributed by atoms with E-state index in [0.29, 0.717) is 40.6 Å². The predicted octanol–water partition coefficient (Wildman–Crippen LogP) is 2.10. The molecule has 3 aromatic heterocycles. The summed E-state index contributed by atoms with van der Waals surface area (Å²) in [6.07, 6.45) is 1.51. The van der Waals surface area contributed by atoms with Gasteiger partial charge in [-0.25, -0.2) is 14.5 Å². The third kappa shape index (κ3) is 4.59. The molecule has 4 rings (SSSR count). The summed E-state index contributed by atoms with van der Waals surface area (Å²) < 4.78 is 8.01. The topological polar surface area (TPSA) is 155 Å². The van der Waals surface area contributed by atoms with Crippen molar-refractivity contribution in [2.75, 3.05) is 23.5 Å². The summed E-state index contributed by atoms with van der Waals surface area (Å²) in [7, 11) is 1.32. The summed E-state index contributed by atoms with van der Waals surface area (Å²) in [6.45, 7) is 4.43. The zero-order valence-electron chi connectivity index (χ0n) is 18.4. The zero-order chi connectivity index (χ0) is 23.5. The zero-order valence-corrected chi connectivity index (χ0v) is 18.4. The summed E-state index contributed by atoms with van der Waals surface area (Å²) in [6, 6.07) is 8.48. The van der Waals surface area contributed by atoms with Crippen LogP contribution in [0.15, 0.2) is 36.7 Å². The van der Waals surface area contributed by atoms with E-state index in [1.807, 2.05) is 13.8 Å². The maximum atomic E-state index is 12.6. The number of nitrogen functional groups attached to an aromatic ring is 1. The number of ether oxygens (including phenoxy) is 1. The molecule has 1 aromatic carbocycles. The Morgan fingerprint density at radius 3 is 2.64 bits per heavy atom. The van der Waals surface area contributed by atoms with E-state index in [9.17, 15) is 9.59 Å². The molecule has 0 atom stereocenters. The van der Waals surface area contributed by atoms with Crippen LogP contribution >= 0.6 is 0 Å². The summed E-state index contributed by atoms with van der Waals surface area (Å²) in [5.41, 5.74) is 8.66. The van der Waals surface area contributed by atoms with Crippen LogP contribution in [-0.2, 0) is 22.6 Å². The van der Waals surface area contributed by atoms with Crippen molar-refractivity contribution in [3.8, 4) is 0 Å². The average molecular weight is 449 g/mol. The SMILES string of the molecule is CCn1nc(C)cc1NC(=O)Cn1cnc2c(Nc3ccc(C(=O)OC)cc3)nc(N)nc21. The molecule has 0 fully saturated rings. The normalized spacial score (nSPS) is 10.9. The largest absolute Gasteiger partial charge is 0.465 e. The number of hydrogen-bond donors (Lipinski definition) is 3. The van der Waals surface area contributed by atoms with Crippen LogP contribution in [0.25, 0.3) is 11.2 Å². The van der Waals surface area contributed by atoms with Crippen LogP contribution in [0.1, 0.15) is 23.0 Å². The Labute approximate surface area is 188 Å².